The second-order valence-corrected chi connectivity index (χ2v) is 9.14. The van der Waals surface area contributed by atoms with E-state index in [2.05, 4.69) is 10.0 Å². The van der Waals surface area contributed by atoms with Crippen LogP contribution in [0, 0.1) is 0 Å². The number of amides is 1. The fraction of sp³-hybridized carbons (Fsp3) is 0.333. The quantitative estimate of drug-likeness (QED) is 0.555. The van der Waals surface area contributed by atoms with Crippen LogP contribution in [0.1, 0.15) is 25.3 Å². The average molecular weight is 483 g/mol. The molecule has 32 heavy (non-hydrogen) atoms. The fourth-order valence-electron chi connectivity index (χ4n) is 2.89. The predicted molar refractivity (Wildman–Crippen MR) is 117 cm³/mol. The van der Waals surface area contributed by atoms with Gasteiger partial charge < -0.3 is 19.5 Å². The minimum Gasteiger partial charge on any atom is -0.489 e. The highest BCUT2D eigenvalue weighted by atomic mass is 35.5. The lowest BCUT2D eigenvalue weighted by molar-refractivity contribution is -0.144. The number of benzene rings is 2. The van der Waals surface area contributed by atoms with E-state index in [1.54, 1.807) is 12.1 Å². The van der Waals surface area contributed by atoms with Gasteiger partial charge in [0.25, 0.3) is 0 Å². The Labute approximate surface area is 191 Å². The number of rotatable bonds is 8. The highest BCUT2D eigenvalue weighted by molar-refractivity contribution is 7.89. The van der Waals surface area contributed by atoms with Gasteiger partial charge in [-0.05, 0) is 42.0 Å². The van der Waals surface area contributed by atoms with Gasteiger partial charge in [0.05, 0.1) is 29.6 Å². The molecular weight excluding hydrogens is 460 g/mol. The lowest BCUT2D eigenvalue weighted by Gasteiger charge is -2.12. The van der Waals surface area contributed by atoms with E-state index in [4.69, 9.17) is 25.8 Å². The Morgan fingerprint density at radius 3 is 2.56 bits per heavy atom. The minimum atomic E-state index is -3.81. The van der Waals surface area contributed by atoms with Gasteiger partial charge in [-0.15, -0.1) is 0 Å². The molecule has 2 aromatic carbocycles. The summed E-state index contributed by atoms with van der Waals surface area (Å²) in [5.41, 5.74) is 1.11. The summed E-state index contributed by atoms with van der Waals surface area (Å²) in [5.74, 6) is 0.139. The number of hydrogen-bond acceptors (Lipinski definition) is 7. The molecule has 3 rings (SSSR count). The van der Waals surface area contributed by atoms with Crippen molar-refractivity contribution in [3.63, 3.8) is 0 Å². The Balaban J connectivity index is 1.48. The molecule has 0 aliphatic carbocycles. The Kier molecular flexibility index (Phi) is 7.94. The molecule has 1 aliphatic rings. The summed E-state index contributed by atoms with van der Waals surface area (Å²) in [6.45, 7) is 2.21. The van der Waals surface area contributed by atoms with E-state index in [1.165, 1.54) is 31.2 Å². The van der Waals surface area contributed by atoms with Gasteiger partial charge in [0, 0.05) is 25.6 Å². The van der Waals surface area contributed by atoms with E-state index in [0.29, 0.717) is 41.0 Å². The van der Waals surface area contributed by atoms with E-state index in [9.17, 15) is 18.0 Å². The van der Waals surface area contributed by atoms with Crippen LogP contribution in [-0.4, -0.2) is 40.1 Å². The molecule has 0 aromatic heterocycles. The molecule has 1 heterocycles. The minimum absolute atomic E-state index is 0.0156. The number of ether oxygens (including phenoxy) is 3. The van der Waals surface area contributed by atoms with Gasteiger partial charge in [0.15, 0.2) is 11.5 Å². The van der Waals surface area contributed by atoms with E-state index < -0.39 is 16.0 Å². The second-order valence-electron chi connectivity index (χ2n) is 6.97. The first-order valence-corrected chi connectivity index (χ1v) is 11.7. The van der Waals surface area contributed by atoms with Crippen molar-refractivity contribution in [2.24, 2.45) is 0 Å². The predicted octanol–water partition coefficient (Wildman–Crippen LogP) is 2.87. The average Bonchev–Trinajstić information content (AvgIpc) is 2.98. The molecule has 2 N–H and O–H groups in total. The number of nitrogens with one attached hydrogen (secondary N) is 2. The Hall–Kier alpha value is -2.82. The van der Waals surface area contributed by atoms with Crippen LogP contribution in [0.25, 0.3) is 0 Å². The first kappa shape index (κ1) is 23.8. The third-order valence-corrected chi connectivity index (χ3v) is 6.13. The van der Waals surface area contributed by atoms with Crippen molar-refractivity contribution in [1.29, 1.82) is 0 Å². The van der Waals surface area contributed by atoms with Crippen LogP contribution in [0.5, 0.6) is 11.5 Å². The first-order valence-electron chi connectivity index (χ1n) is 9.85. The third kappa shape index (κ3) is 6.59. The number of carbonyl (C=O) groups is 2. The van der Waals surface area contributed by atoms with Crippen LogP contribution in [-0.2, 0) is 31.0 Å². The normalized spacial score (nSPS) is 13.2. The van der Waals surface area contributed by atoms with E-state index in [1.807, 2.05) is 0 Å². The van der Waals surface area contributed by atoms with Crippen molar-refractivity contribution in [3.8, 4) is 11.5 Å². The zero-order chi connectivity index (χ0) is 23.1. The summed E-state index contributed by atoms with van der Waals surface area (Å²) in [4.78, 5) is 23.1. The molecule has 172 valence electrons. The monoisotopic (exact) mass is 482 g/mol. The number of anilines is 1. The van der Waals surface area contributed by atoms with Crippen molar-refractivity contribution >= 4 is 39.2 Å². The molecule has 0 radical (unpaired) electrons. The SMILES string of the molecule is CC(=O)Nc1ccc(S(=O)(=O)NCCC(=O)OCc2cc(Cl)c3c(c2)OCCCO3)cc1. The van der Waals surface area contributed by atoms with E-state index in [0.717, 1.165) is 6.42 Å². The Morgan fingerprint density at radius 1 is 1.12 bits per heavy atom. The molecule has 0 fully saturated rings. The van der Waals surface area contributed by atoms with Crippen molar-refractivity contribution in [2.75, 3.05) is 25.1 Å². The standard InChI is InChI=1S/C21H23ClN2O7S/c1-14(25)24-16-3-5-17(6-4-16)32(27,28)23-8-7-20(26)31-13-15-11-18(22)21-19(12-15)29-9-2-10-30-21/h3-6,11-12,23H,2,7-10,13H2,1H3,(H,24,25). The molecule has 2 aromatic rings. The Bertz CT molecular complexity index is 1090. The maximum atomic E-state index is 12.3. The molecule has 9 nitrogen and oxygen atoms in total. The first-order chi connectivity index (χ1) is 15.2. The largest absolute Gasteiger partial charge is 0.489 e. The maximum Gasteiger partial charge on any atom is 0.307 e. The van der Waals surface area contributed by atoms with Gasteiger partial charge in [-0.25, -0.2) is 13.1 Å². The molecule has 11 heteroatoms. The topological polar surface area (TPSA) is 120 Å². The summed E-state index contributed by atoms with van der Waals surface area (Å²) >= 11 is 6.22. The van der Waals surface area contributed by atoms with E-state index >= 15 is 0 Å². The van der Waals surface area contributed by atoms with Crippen LogP contribution in [0.2, 0.25) is 5.02 Å². The summed E-state index contributed by atoms with van der Waals surface area (Å²) < 4.78 is 43.4. The van der Waals surface area contributed by atoms with Gasteiger partial charge in [-0.2, -0.15) is 0 Å². The van der Waals surface area contributed by atoms with Gasteiger partial charge in [0.1, 0.15) is 6.61 Å². The highest BCUT2D eigenvalue weighted by Crippen LogP contribution is 2.38. The molecule has 0 saturated carbocycles. The molecule has 0 unspecified atom stereocenters. The number of hydrogen-bond donors (Lipinski definition) is 2. The molecule has 0 bridgehead atoms. The molecule has 1 amide bonds. The van der Waals surface area contributed by atoms with Crippen molar-refractivity contribution in [3.05, 3.63) is 47.0 Å². The molecule has 1 aliphatic heterocycles. The smallest absolute Gasteiger partial charge is 0.307 e. The van der Waals surface area contributed by atoms with Gasteiger partial charge in [-0.3, -0.25) is 9.59 Å². The van der Waals surface area contributed by atoms with E-state index in [-0.39, 0.29) is 30.4 Å². The van der Waals surface area contributed by atoms with Gasteiger partial charge in [-0.1, -0.05) is 11.6 Å². The fourth-order valence-corrected chi connectivity index (χ4v) is 4.21. The number of halogens is 1. The summed E-state index contributed by atoms with van der Waals surface area (Å²) in [6, 6.07) is 9.01. The lowest BCUT2D eigenvalue weighted by Crippen LogP contribution is -2.26. The van der Waals surface area contributed by atoms with Gasteiger partial charge in [0.2, 0.25) is 15.9 Å². The van der Waals surface area contributed by atoms with Crippen molar-refractivity contribution < 1.29 is 32.2 Å². The molecule has 0 saturated heterocycles. The number of fused-ring (bicyclic) bond motifs is 1. The van der Waals surface area contributed by atoms with Crippen molar-refractivity contribution in [2.45, 2.75) is 31.3 Å². The van der Waals surface area contributed by atoms with Crippen LogP contribution in [0.3, 0.4) is 0 Å². The van der Waals surface area contributed by atoms with Crippen LogP contribution in [0.15, 0.2) is 41.3 Å². The number of carbonyl (C=O) groups excluding carboxylic acids is 2. The highest BCUT2D eigenvalue weighted by Gasteiger charge is 2.17. The van der Waals surface area contributed by atoms with Crippen LogP contribution in [0.4, 0.5) is 5.69 Å². The number of sulfonamides is 1. The lowest BCUT2D eigenvalue weighted by atomic mass is 10.2. The zero-order valence-corrected chi connectivity index (χ0v) is 18.9. The third-order valence-electron chi connectivity index (χ3n) is 4.37. The molecule has 0 atom stereocenters. The zero-order valence-electron chi connectivity index (χ0n) is 17.4. The number of esters is 1. The summed E-state index contributed by atoms with van der Waals surface area (Å²) in [7, 11) is -3.81. The van der Waals surface area contributed by atoms with Crippen LogP contribution < -0.4 is 19.5 Å². The summed E-state index contributed by atoms with van der Waals surface area (Å²) in [6.07, 6.45) is 0.589. The molecular formula is C21H23ClN2O7S. The van der Waals surface area contributed by atoms with Crippen molar-refractivity contribution in [1.82, 2.24) is 4.72 Å². The summed E-state index contributed by atoms with van der Waals surface area (Å²) in [5, 5.41) is 2.92. The second kappa shape index (κ2) is 10.7. The van der Waals surface area contributed by atoms with Crippen LogP contribution >= 0.6 is 11.6 Å². The molecule has 0 spiro atoms. The Morgan fingerprint density at radius 2 is 1.84 bits per heavy atom. The maximum absolute atomic E-state index is 12.3. The van der Waals surface area contributed by atoms with Gasteiger partial charge >= 0.3 is 5.97 Å².